The van der Waals surface area contributed by atoms with Gasteiger partial charge in [0.25, 0.3) is 5.91 Å². The molecule has 0 fully saturated rings. The van der Waals surface area contributed by atoms with E-state index in [0.29, 0.717) is 36.8 Å². The van der Waals surface area contributed by atoms with E-state index < -0.39 is 5.91 Å². The van der Waals surface area contributed by atoms with Crippen LogP contribution < -0.4 is 14.8 Å². The second-order valence-corrected chi connectivity index (χ2v) is 6.33. The summed E-state index contributed by atoms with van der Waals surface area (Å²) in [5.74, 6) is 0.845. The Bertz CT molecular complexity index is 864. The normalized spacial score (nSPS) is 10.9. The number of hydrogen-bond acceptors (Lipinski definition) is 4. The van der Waals surface area contributed by atoms with Crippen LogP contribution in [-0.2, 0) is 11.3 Å². The Labute approximate surface area is 166 Å². The highest BCUT2D eigenvalue weighted by Crippen LogP contribution is 2.29. The SMILES string of the molecule is CCCOc1ccc(C=C(C#N)C(=O)NCc2ccc(C)cc2)cc1OCC. The van der Waals surface area contributed by atoms with E-state index in [-0.39, 0.29) is 5.57 Å². The lowest BCUT2D eigenvalue weighted by molar-refractivity contribution is -0.117. The maximum atomic E-state index is 12.4. The standard InChI is InChI=1S/C23H26N2O3/c1-4-12-28-21-11-10-19(14-22(21)27-5-2)13-20(15-24)23(26)25-16-18-8-6-17(3)7-9-18/h6-11,13-14H,4-5,12,16H2,1-3H3,(H,25,26). The van der Waals surface area contributed by atoms with Crippen LogP contribution in [0.4, 0.5) is 0 Å². The molecule has 0 bridgehead atoms. The molecule has 1 amide bonds. The number of carbonyl (C=O) groups is 1. The van der Waals surface area contributed by atoms with Gasteiger partial charge < -0.3 is 14.8 Å². The fourth-order valence-corrected chi connectivity index (χ4v) is 2.51. The van der Waals surface area contributed by atoms with Crippen molar-refractivity contribution >= 4 is 12.0 Å². The number of nitrogens with zero attached hydrogens (tertiary/aromatic N) is 1. The Balaban J connectivity index is 2.13. The monoisotopic (exact) mass is 378 g/mol. The third-order valence-electron chi connectivity index (χ3n) is 3.98. The second kappa shape index (κ2) is 10.8. The van der Waals surface area contributed by atoms with Crippen LogP contribution in [0, 0.1) is 18.3 Å². The van der Waals surface area contributed by atoms with Gasteiger partial charge in [-0.05, 0) is 49.6 Å². The minimum Gasteiger partial charge on any atom is -0.490 e. The first kappa shape index (κ1) is 21.0. The van der Waals surface area contributed by atoms with E-state index in [0.717, 1.165) is 17.5 Å². The maximum absolute atomic E-state index is 12.4. The number of aryl methyl sites for hydroxylation is 1. The first-order valence-corrected chi connectivity index (χ1v) is 9.42. The van der Waals surface area contributed by atoms with Gasteiger partial charge in [-0.3, -0.25) is 4.79 Å². The first-order chi connectivity index (χ1) is 13.6. The van der Waals surface area contributed by atoms with Gasteiger partial charge in [-0.2, -0.15) is 5.26 Å². The summed E-state index contributed by atoms with van der Waals surface area (Å²) >= 11 is 0. The van der Waals surface area contributed by atoms with Crippen LogP contribution in [0.1, 0.15) is 37.0 Å². The molecule has 0 aliphatic heterocycles. The molecule has 2 aromatic carbocycles. The molecule has 28 heavy (non-hydrogen) atoms. The summed E-state index contributed by atoms with van der Waals surface area (Å²) in [6.07, 6.45) is 2.45. The zero-order chi connectivity index (χ0) is 20.4. The molecule has 0 aromatic heterocycles. The number of benzene rings is 2. The summed E-state index contributed by atoms with van der Waals surface area (Å²) in [6.45, 7) is 7.40. The van der Waals surface area contributed by atoms with Crippen LogP contribution >= 0.6 is 0 Å². The predicted octanol–water partition coefficient (Wildman–Crippen LogP) is 4.41. The van der Waals surface area contributed by atoms with Gasteiger partial charge in [0.2, 0.25) is 0 Å². The van der Waals surface area contributed by atoms with Gasteiger partial charge in [-0.1, -0.05) is 42.8 Å². The molecule has 0 saturated heterocycles. The summed E-state index contributed by atoms with van der Waals surface area (Å²) in [7, 11) is 0. The molecular formula is C23H26N2O3. The van der Waals surface area contributed by atoms with Crippen molar-refractivity contribution in [2.75, 3.05) is 13.2 Å². The van der Waals surface area contributed by atoms with Crippen molar-refractivity contribution < 1.29 is 14.3 Å². The van der Waals surface area contributed by atoms with Crippen LogP contribution in [0.3, 0.4) is 0 Å². The van der Waals surface area contributed by atoms with E-state index >= 15 is 0 Å². The number of nitrogens with one attached hydrogen (secondary N) is 1. The molecular weight excluding hydrogens is 352 g/mol. The number of ether oxygens (including phenoxy) is 2. The molecule has 0 unspecified atom stereocenters. The molecule has 0 spiro atoms. The van der Waals surface area contributed by atoms with Crippen molar-refractivity contribution in [1.82, 2.24) is 5.32 Å². The minimum atomic E-state index is -0.410. The van der Waals surface area contributed by atoms with Crippen LogP contribution in [0.25, 0.3) is 6.08 Å². The molecule has 1 N–H and O–H groups in total. The fourth-order valence-electron chi connectivity index (χ4n) is 2.51. The van der Waals surface area contributed by atoms with Crippen molar-refractivity contribution in [3.63, 3.8) is 0 Å². The number of carbonyl (C=O) groups excluding carboxylic acids is 1. The van der Waals surface area contributed by atoms with Crippen molar-refractivity contribution in [2.45, 2.75) is 33.7 Å². The average molecular weight is 378 g/mol. The third-order valence-corrected chi connectivity index (χ3v) is 3.98. The zero-order valence-electron chi connectivity index (χ0n) is 16.6. The summed E-state index contributed by atoms with van der Waals surface area (Å²) < 4.78 is 11.3. The Kier molecular flexibility index (Phi) is 8.11. The highest BCUT2D eigenvalue weighted by atomic mass is 16.5. The molecule has 5 nitrogen and oxygen atoms in total. The predicted molar refractivity (Wildman–Crippen MR) is 110 cm³/mol. The van der Waals surface area contributed by atoms with Crippen LogP contribution in [-0.4, -0.2) is 19.1 Å². The van der Waals surface area contributed by atoms with Gasteiger partial charge in [0.15, 0.2) is 11.5 Å². The molecule has 0 aliphatic carbocycles. The maximum Gasteiger partial charge on any atom is 0.262 e. The number of hydrogen-bond donors (Lipinski definition) is 1. The number of nitriles is 1. The molecule has 0 saturated carbocycles. The van der Waals surface area contributed by atoms with E-state index in [1.807, 2.05) is 51.1 Å². The minimum absolute atomic E-state index is 0.0387. The van der Waals surface area contributed by atoms with Crippen molar-refractivity contribution in [1.29, 1.82) is 5.26 Å². The molecule has 2 rings (SSSR count). The number of amides is 1. The summed E-state index contributed by atoms with van der Waals surface area (Å²) in [6, 6.07) is 15.2. The van der Waals surface area contributed by atoms with E-state index in [1.165, 1.54) is 0 Å². The van der Waals surface area contributed by atoms with Gasteiger partial charge in [-0.25, -0.2) is 0 Å². The van der Waals surface area contributed by atoms with Crippen LogP contribution in [0.15, 0.2) is 48.0 Å². The van der Waals surface area contributed by atoms with E-state index in [1.54, 1.807) is 24.3 Å². The van der Waals surface area contributed by atoms with E-state index in [2.05, 4.69) is 5.32 Å². The third kappa shape index (κ3) is 6.17. The largest absolute Gasteiger partial charge is 0.490 e. The molecule has 146 valence electrons. The molecule has 0 heterocycles. The van der Waals surface area contributed by atoms with Gasteiger partial charge in [0.1, 0.15) is 11.6 Å². The molecule has 5 heteroatoms. The summed E-state index contributed by atoms with van der Waals surface area (Å²) in [4.78, 5) is 12.4. The topological polar surface area (TPSA) is 71.3 Å². The molecule has 2 aromatic rings. The highest BCUT2D eigenvalue weighted by molar-refractivity contribution is 6.01. The Hall–Kier alpha value is -3.26. The lowest BCUT2D eigenvalue weighted by atomic mass is 10.1. The Morgan fingerprint density at radius 3 is 2.50 bits per heavy atom. The average Bonchev–Trinajstić information content (AvgIpc) is 2.71. The van der Waals surface area contributed by atoms with Crippen LogP contribution in [0.5, 0.6) is 11.5 Å². The van der Waals surface area contributed by atoms with Gasteiger partial charge in [-0.15, -0.1) is 0 Å². The molecule has 0 aliphatic rings. The van der Waals surface area contributed by atoms with Crippen molar-refractivity contribution in [3.8, 4) is 17.6 Å². The second-order valence-electron chi connectivity index (χ2n) is 6.33. The molecule has 0 radical (unpaired) electrons. The van der Waals surface area contributed by atoms with Gasteiger partial charge in [0.05, 0.1) is 13.2 Å². The van der Waals surface area contributed by atoms with Crippen LogP contribution in [0.2, 0.25) is 0 Å². The summed E-state index contributed by atoms with van der Waals surface area (Å²) in [5, 5.41) is 12.2. The number of rotatable bonds is 9. The van der Waals surface area contributed by atoms with Gasteiger partial charge in [0, 0.05) is 6.54 Å². The quantitative estimate of drug-likeness (QED) is 0.518. The highest BCUT2D eigenvalue weighted by Gasteiger charge is 2.11. The zero-order valence-corrected chi connectivity index (χ0v) is 16.6. The smallest absolute Gasteiger partial charge is 0.262 e. The van der Waals surface area contributed by atoms with E-state index in [9.17, 15) is 10.1 Å². The lowest BCUT2D eigenvalue weighted by Crippen LogP contribution is -2.23. The fraction of sp³-hybridized carbons (Fsp3) is 0.304. The first-order valence-electron chi connectivity index (χ1n) is 9.42. The molecule has 0 atom stereocenters. The van der Waals surface area contributed by atoms with Crippen molar-refractivity contribution in [3.05, 3.63) is 64.7 Å². The van der Waals surface area contributed by atoms with E-state index in [4.69, 9.17) is 9.47 Å². The Morgan fingerprint density at radius 1 is 1.11 bits per heavy atom. The lowest BCUT2D eigenvalue weighted by Gasteiger charge is -2.12. The van der Waals surface area contributed by atoms with Gasteiger partial charge >= 0.3 is 0 Å². The Morgan fingerprint density at radius 2 is 1.86 bits per heavy atom. The summed E-state index contributed by atoms with van der Waals surface area (Å²) in [5.41, 5.74) is 2.88. The van der Waals surface area contributed by atoms with Crippen molar-refractivity contribution in [2.24, 2.45) is 0 Å².